The summed E-state index contributed by atoms with van der Waals surface area (Å²) in [5, 5.41) is 4.25. The summed E-state index contributed by atoms with van der Waals surface area (Å²) in [7, 11) is 0. The fraction of sp³-hybridized carbons (Fsp3) is 0.235. The predicted molar refractivity (Wildman–Crippen MR) is 107 cm³/mol. The minimum Gasteiger partial charge on any atom is -0.326 e. The first kappa shape index (κ1) is 19.4. The van der Waals surface area contributed by atoms with Gasteiger partial charge in [-0.25, -0.2) is 0 Å². The highest BCUT2D eigenvalue weighted by molar-refractivity contribution is 6.54. The number of aryl methyl sites for hydroxylation is 1. The van der Waals surface area contributed by atoms with Crippen LogP contribution in [-0.4, -0.2) is 10.2 Å². The Morgan fingerprint density at radius 2 is 1.60 bits per heavy atom. The maximum atomic E-state index is 12.6. The molecule has 2 nitrogen and oxygen atoms in total. The monoisotopic (exact) mass is 455 g/mol. The molecule has 0 aromatic heterocycles. The highest BCUT2D eigenvalue weighted by Gasteiger charge is 2.67. The molecule has 1 N–H and O–H groups in total. The molecule has 1 aliphatic rings. The van der Waals surface area contributed by atoms with E-state index in [1.165, 1.54) is 0 Å². The van der Waals surface area contributed by atoms with E-state index < -0.39 is 16.2 Å². The van der Waals surface area contributed by atoms with E-state index in [1.807, 2.05) is 6.92 Å². The molecule has 0 heterocycles. The van der Waals surface area contributed by atoms with Crippen LogP contribution < -0.4 is 5.32 Å². The van der Waals surface area contributed by atoms with Crippen LogP contribution in [0.4, 0.5) is 5.69 Å². The maximum absolute atomic E-state index is 12.6. The summed E-state index contributed by atoms with van der Waals surface area (Å²) >= 11 is 36.7. The molecular weight excluding hydrogens is 447 g/mol. The number of carbonyl (C=O) groups is 1. The molecule has 1 amide bonds. The summed E-state index contributed by atoms with van der Waals surface area (Å²) in [5.41, 5.74) is 2.14. The Labute approximate surface area is 175 Å². The summed E-state index contributed by atoms with van der Waals surface area (Å²) < 4.78 is -1.24. The van der Waals surface area contributed by atoms with Crippen LogP contribution >= 0.6 is 69.6 Å². The van der Waals surface area contributed by atoms with E-state index >= 15 is 0 Å². The molecule has 1 aliphatic carbocycles. The van der Waals surface area contributed by atoms with Gasteiger partial charge in [-0.1, -0.05) is 46.4 Å². The summed E-state index contributed by atoms with van der Waals surface area (Å²) in [6.07, 6.45) is 0. The van der Waals surface area contributed by atoms with Gasteiger partial charge < -0.3 is 5.32 Å². The Hall–Kier alpha value is -0.350. The van der Waals surface area contributed by atoms with Crippen molar-refractivity contribution in [2.24, 2.45) is 5.92 Å². The Balaban J connectivity index is 1.83. The second kappa shape index (κ2) is 6.99. The predicted octanol–water partition coefficient (Wildman–Crippen LogP) is 7.13. The fourth-order valence-corrected chi connectivity index (χ4v) is 4.32. The number of halogens is 6. The molecule has 1 unspecified atom stereocenters. The van der Waals surface area contributed by atoms with Crippen LogP contribution in [0.25, 0.3) is 0 Å². The third-order valence-corrected chi connectivity index (χ3v) is 6.69. The van der Waals surface area contributed by atoms with E-state index in [1.54, 1.807) is 30.3 Å². The normalized spacial score (nSPS) is 21.1. The second-order valence-electron chi connectivity index (χ2n) is 5.88. The van der Waals surface area contributed by atoms with E-state index in [4.69, 9.17) is 69.6 Å². The highest BCUT2D eigenvalue weighted by atomic mass is 35.5. The van der Waals surface area contributed by atoms with Crippen molar-refractivity contribution in [3.8, 4) is 0 Å². The van der Waals surface area contributed by atoms with E-state index in [0.29, 0.717) is 16.3 Å². The second-order valence-corrected chi connectivity index (χ2v) is 8.93. The Morgan fingerprint density at radius 3 is 2.16 bits per heavy atom. The average Bonchev–Trinajstić information content (AvgIpc) is 3.10. The number of hydrogen-bond acceptors (Lipinski definition) is 1. The van der Waals surface area contributed by atoms with Gasteiger partial charge in [-0.2, -0.15) is 0 Å². The molecule has 2 aromatic carbocycles. The lowest BCUT2D eigenvalue weighted by molar-refractivity contribution is -0.117. The lowest BCUT2D eigenvalue weighted by atomic mass is 10.1. The Kier molecular flexibility index (Phi) is 5.43. The highest BCUT2D eigenvalue weighted by Crippen LogP contribution is 2.65. The van der Waals surface area contributed by atoms with Gasteiger partial charge in [0.1, 0.15) is 4.33 Å². The van der Waals surface area contributed by atoms with Crippen molar-refractivity contribution in [3.63, 3.8) is 0 Å². The van der Waals surface area contributed by atoms with Gasteiger partial charge in [0.15, 0.2) is 0 Å². The molecule has 0 radical (unpaired) electrons. The molecule has 0 spiro atoms. The fourth-order valence-electron chi connectivity index (χ4n) is 2.76. The first-order valence-corrected chi connectivity index (χ1v) is 9.49. The summed E-state index contributed by atoms with van der Waals surface area (Å²) in [4.78, 5) is 12.6. The molecule has 1 saturated carbocycles. The zero-order valence-electron chi connectivity index (χ0n) is 12.7. The van der Waals surface area contributed by atoms with Gasteiger partial charge in [-0.15, -0.1) is 23.2 Å². The van der Waals surface area contributed by atoms with Gasteiger partial charge in [0.2, 0.25) is 5.91 Å². The Morgan fingerprint density at radius 1 is 1.00 bits per heavy atom. The third-order valence-electron chi connectivity index (χ3n) is 4.13. The van der Waals surface area contributed by atoms with Gasteiger partial charge in [-0.3, -0.25) is 4.79 Å². The molecule has 1 fully saturated rings. The molecule has 25 heavy (non-hydrogen) atoms. The summed E-state index contributed by atoms with van der Waals surface area (Å²) in [6.45, 7) is 1.85. The van der Waals surface area contributed by atoms with Gasteiger partial charge >= 0.3 is 0 Å². The number of hydrogen-bond donors (Lipinski definition) is 1. The van der Waals surface area contributed by atoms with Crippen LogP contribution in [0.1, 0.15) is 17.0 Å². The quantitative estimate of drug-likeness (QED) is 0.385. The molecular formula is C17H11Cl6NO. The van der Waals surface area contributed by atoms with Crippen molar-refractivity contribution < 1.29 is 4.79 Å². The number of carbonyl (C=O) groups excluding carboxylic acids is 1. The molecule has 0 saturated heterocycles. The largest absolute Gasteiger partial charge is 0.326 e. The molecule has 2 atom stereocenters. The number of rotatable bonds is 3. The number of anilines is 1. The average molecular weight is 458 g/mol. The first-order chi connectivity index (χ1) is 11.6. The van der Waals surface area contributed by atoms with Crippen molar-refractivity contribution in [2.45, 2.75) is 17.2 Å². The SMILES string of the molecule is Cc1cc(NC(=O)C2[C@H](c3cc(Cl)c(Cl)c(Cl)c3)C2(Cl)Cl)ccc1Cl. The lowest BCUT2D eigenvalue weighted by Gasteiger charge is -2.07. The molecule has 0 bridgehead atoms. The lowest BCUT2D eigenvalue weighted by Crippen LogP contribution is -2.17. The van der Waals surface area contributed by atoms with Gasteiger partial charge in [-0.05, 0) is 48.4 Å². The topological polar surface area (TPSA) is 29.1 Å². The number of alkyl halides is 2. The zero-order valence-corrected chi connectivity index (χ0v) is 17.3. The molecule has 2 aromatic rings. The van der Waals surface area contributed by atoms with Crippen LogP contribution in [-0.2, 0) is 4.79 Å². The molecule has 3 rings (SSSR count). The number of amides is 1. The maximum Gasteiger partial charge on any atom is 0.231 e. The minimum absolute atomic E-state index is 0.250. The van der Waals surface area contributed by atoms with Crippen LogP contribution in [0.3, 0.4) is 0 Å². The van der Waals surface area contributed by atoms with E-state index in [0.717, 1.165) is 5.56 Å². The van der Waals surface area contributed by atoms with Gasteiger partial charge in [0.05, 0.1) is 21.0 Å². The zero-order chi connectivity index (χ0) is 18.5. The van der Waals surface area contributed by atoms with E-state index in [2.05, 4.69) is 5.32 Å². The minimum atomic E-state index is -1.24. The Bertz CT molecular complexity index is 843. The molecule has 8 heteroatoms. The number of nitrogens with one attached hydrogen (secondary N) is 1. The van der Waals surface area contributed by atoms with E-state index in [-0.39, 0.29) is 21.0 Å². The molecule has 132 valence electrons. The van der Waals surface area contributed by atoms with Crippen LogP contribution in [0, 0.1) is 12.8 Å². The summed E-state index contributed by atoms with van der Waals surface area (Å²) in [6, 6.07) is 8.45. The first-order valence-electron chi connectivity index (χ1n) is 7.22. The van der Waals surface area contributed by atoms with Crippen LogP contribution in [0.5, 0.6) is 0 Å². The van der Waals surface area contributed by atoms with Crippen molar-refractivity contribution in [2.75, 3.05) is 5.32 Å². The van der Waals surface area contributed by atoms with Crippen molar-refractivity contribution in [1.29, 1.82) is 0 Å². The van der Waals surface area contributed by atoms with Crippen LogP contribution in [0.2, 0.25) is 20.1 Å². The van der Waals surface area contributed by atoms with Crippen molar-refractivity contribution in [1.82, 2.24) is 0 Å². The van der Waals surface area contributed by atoms with Crippen LogP contribution in [0.15, 0.2) is 30.3 Å². The van der Waals surface area contributed by atoms with Gasteiger partial charge in [0.25, 0.3) is 0 Å². The van der Waals surface area contributed by atoms with E-state index in [9.17, 15) is 4.79 Å². The molecule has 0 aliphatic heterocycles. The number of benzene rings is 2. The van der Waals surface area contributed by atoms with Crippen molar-refractivity contribution >= 4 is 81.2 Å². The smallest absolute Gasteiger partial charge is 0.231 e. The third kappa shape index (κ3) is 3.71. The van der Waals surface area contributed by atoms with Crippen molar-refractivity contribution in [3.05, 3.63) is 61.5 Å². The summed E-state index contributed by atoms with van der Waals surface area (Å²) in [5.74, 6) is -1.37. The van der Waals surface area contributed by atoms with Gasteiger partial charge in [0, 0.05) is 16.6 Å². The standard InChI is InChI=1S/C17H11Cl6NO/c1-7-4-9(2-3-10(7)18)24-16(25)14-13(17(14,22)23)8-5-11(19)15(21)12(20)6-8/h2-6,13-14H,1H3,(H,24,25)/t13-,14?/m0/s1.